The maximum atomic E-state index is 11.8. The first-order chi connectivity index (χ1) is 9.61. The summed E-state index contributed by atoms with van der Waals surface area (Å²) < 4.78 is 2.02. The Bertz CT molecular complexity index is 619. The molecule has 1 unspecified atom stereocenters. The van der Waals surface area contributed by atoms with Gasteiger partial charge in [0.1, 0.15) is 12.2 Å². The molecule has 0 spiro atoms. The van der Waals surface area contributed by atoms with Crippen molar-refractivity contribution in [3.63, 3.8) is 0 Å². The van der Waals surface area contributed by atoms with Crippen LogP contribution in [0.3, 0.4) is 0 Å². The number of rotatable bonds is 5. The molecule has 1 N–H and O–H groups in total. The standard InChI is InChI=1S/C15H17N3O2/c1-15(14(19)20,11-5-3-2-4-6-11)9-13-17-16-10-18(13)12-7-8-12/h2-6,10,12H,7-9H2,1H3,(H,19,20). The third-order valence-electron chi connectivity index (χ3n) is 3.98. The van der Waals surface area contributed by atoms with Gasteiger partial charge in [-0.2, -0.15) is 0 Å². The molecule has 3 rings (SSSR count). The van der Waals surface area contributed by atoms with Gasteiger partial charge in [0.05, 0.1) is 5.41 Å². The van der Waals surface area contributed by atoms with Crippen LogP contribution in [0.5, 0.6) is 0 Å². The molecular formula is C15H17N3O2. The number of hydrogen-bond acceptors (Lipinski definition) is 3. The van der Waals surface area contributed by atoms with Crippen molar-refractivity contribution in [3.05, 3.63) is 48.0 Å². The summed E-state index contributed by atoms with van der Waals surface area (Å²) in [5.74, 6) is -0.0877. The van der Waals surface area contributed by atoms with Gasteiger partial charge in [-0.1, -0.05) is 30.3 Å². The second-order valence-corrected chi connectivity index (χ2v) is 5.57. The van der Waals surface area contributed by atoms with E-state index in [9.17, 15) is 9.90 Å². The zero-order chi connectivity index (χ0) is 14.2. The topological polar surface area (TPSA) is 68.0 Å². The second-order valence-electron chi connectivity index (χ2n) is 5.57. The lowest BCUT2D eigenvalue weighted by Gasteiger charge is -2.25. The summed E-state index contributed by atoms with van der Waals surface area (Å²) in [5, 5.41) is 17.7. The highest BCUT2D eigenvalue weighted by Gasteiger charge is 2.38. The first-order valence-electron chi connectivity index (χ1n) is 6.78. The predicted molar refractivity (Wildman–Crippen MR) is 73.4 cm³/mol. The van der Waals surface area contributed by atoms with Crippen LogP contribution < -0.4 is 0 Å². The Balaban J connectivity index is 1.95. The van der Waals surface area contributed by atoms with Gasteiger partial charge in [-0.3, -0.25) is 4.79 Å². The monoisotopic (exact) mass is 271 g/mol. The van der Waals surface area contributed by atoms with Gasteiger partial charge < -0.3 is 9.67 Å². The van der Waals surface area contributed by atoms with Crippen molar-refractivity contribution in [3.8, 4) is 0 Å². The van der Waals surface area contributed by atoms with Crippen molar-refractivity contribution >= 4 is 5.97 Å². The summed E-state index contributed by atoms with van der Waals surface area (Å²) in [4.78, 5) is 11.8. The minimum Gasteiger partial charge on any atom is -0.481 e. The molecule has 104 valence electrons. The molecular weight excluding hydrogens is 254 g/mol. The smallest absolute Gasteiger partial charge is 0.314 e. The van der Waals surface area contributed by atoms with Crippen molar-refractivity contribution in [2.45, 2.75) is 37.6 Å². The molecule has 1 heterocycles. The molecule has 0 radical (unpaired) electrons. The molecule has 2 aromatic rings. The van der Waals surface area contributed by atoms with Crippen LogP contribution in [0.1, 0.15) is 37.2 Å². The van der Waals surface area contributed by atoms with Crippen LogP contribution in [-0.2, 0) is 16.6 Å². The summed E-state index contributed by atoms with van der Waals surface area (Å²) in [6, 6.07) is 9.77. The number of aromatic nitrogens is 3. The van der Waals surface area contributed by atoms with Gasteiger partial charge in [0.25, 0.3) is 0 Å². The highest BCUT2D eigenvalue weighted by Crippen LogP contribution is 2.37. The second kappa shape index (κ2) is 4.74. The molecule has 0 amide bonds. The minimum absolute atomic E-state index is 0.350. The fourth-order valence-corrected chi connectivity index (χ4v) is 2.47. The van der Waals surface area contributed by atoms with Crippen LogP contribution in [0.25, 0.3) is 0 Å². The number of hydrogen-bond donors (Lipinski definition) is 1. The molecule has 20 heavy (non-hydrogen) atoms. The molecule has 1 atom stereocenters. The number of carboxylic acids is 1. The highest BCUT2D eigenvalue weighted by atomic mass is 16.4. The zero-order valence-electron chi connectivity index (χ0n) is 11.4. The predicted octanol–water partition coefficient (Wildman–Crippen LogP) is 2.20. The van der Waals surface area contributed by atoms with Gasteiger partial charge in [-0.25, -0.2) is 0 Å². The zero-order valence-corrected chi connectivity index (χ0v) is 11.4. The van der Waals surface area contributed by atoms with E-state index in [0.29, 0.717) is 12.5 Å². The van der Waals surface area contributed by atoms with Crippen LogP contribution in [0.15, 0.2) is 36.7 Å². The van der Waals surface area contributed by atoms with E-state index >= 15 is 0 Å². The van der Waals surface area contributed by atoms with E-state index in [1.54, 1.807) is 13.3 Å². The third-order valence-corrected chi connectivity index (χ3v) is 3.98. The fraction of sp³-hybridized carbons (Fsp3) is 0.400. The van der Waals surface area contributed by atoms with E-state index < -0.39 is 11.4 Å². The molecule has 1 aromatic carbocycles. The molecule has 1 aliphatic rings. The van der Waals surface area contributed by atoms with Crippen LogP contribution in [-0.4, -0.2) is 25.8 Å². The molecule has 1 fully saturated rings. The fourth-order valence-electron chi connectivity index (χ4n) is 2.47. The molecule has 5 nitrogen and oxygen atoms in total. The molecule has 5 heteroatoms. The largest absolute Gasteiger partial charge is 0.481 e. The minimum atomic E-state index is -0.985. The maximum Gasteiger partial charge on any atom is 0.314 e. The lowest BCUT2D eigenvalue weighted by Crippen LogP contribution is -2.35. The van der Waals surface area contributed by atoms with Crippen molar-refractivity contribution in [1.82, 2.24) is 14.8 Å². The summed E-state index contributed by atoms with van der Waals surface area (Å²) >= 11 is 0. The first-order valence-corrected chi connectivity index (χ1v) is 6.78. The molecule has 1 aliphatic carbocycles. The number of benzene rings is 1. The normalized spacial score (nSPS) is 17.6. The number of carboxylic acid groups (broad SMARTS) is 1. The average molecular weight is 271 g/mol. The lowest BCUT2D eigenvalue weighted by atomic mass is 9.79. The number of nitrogens with zero attached hydrogens (tertiary/aromatic N) is 3. The van der Waals surface area contributed by atoms with Crippen molar-refractivity contribution in [2.75, 3.05) is 0 Å². The summed E-state index contributed by atoms with van der Waals surface area (Å²) in [7, 11) is 0. The van der Waals surface area contributed by atoms with Crippen molar-refractivity contribution in [2.24, 2.45) is 0 Å². The Morgan fingerprint density at radius 1 is 1.40 bits per heavy atom. The van der Waals surface area contributed by atoms with E-state index in [2.05, 4.69) is 10.2 Å². The van der Waals surface area contributed by atoms with Gasteiger partial charge in [-0.05, 0) is 25.3 Å². The Morgan fingerprint density at radius 2 is 2.10 bits per heavy atom. The Hall–Kier alpha value is -2.17. The molecule has 1 aromatic heterocycles. The third kappa shape index (κ3) is 2.19. The van der Waals surface area contributed by atoms with E-state index in [-0.39, 0.29) is 0 Å². The quantitative estimate of drug-likeness (QED) is 0.905. The number of carbonyl (C=O) groups is 1. The molecule has 0 saturated heterocycles. The summed E-state index contributed by atoms with van der Waals surface area (Å²) in [6.45, 7) is 1.75. The molecule has 0 bridgehead atoms. The van der Waals surface area contributed by atoms with Gasteiger partial charge >= 0.3 is 5.97 Å². The van der Waals surface area contributed by atoms with Crippen molar-refractivity contribution < 1.29 is 9.90 Å². The molecule has 0 aliphatic heterocycles. The lowest BCUT2D eigenvalue weighted by molar-refractivity contribution is -0.143. The number of aliphatic carboxylic acids is 1. The van der Waals surface area contributed by atoms with E-state index in [4.69, 9.17) is 0 Å². The highest BCUT2D eigenvalue weighted by molar-refractivity contribution is 5.81. The van der Waals surface area contributed by atoms with Crippen LogP contribution >= 0.6 is 0 Å². The summed E-state index contributed by atoms with van der Waals surface area (Å²) in [5.41, 5.74) is -0.196. The molecule has 1 saturated carbocycles. The van der Waals surface area contributed by atoms with Gasteiger partial charge in [-0.15, -0.1) is 10.2 Å². The Labute approximate surface area is 117 Å². The van der Waals surface area contributed by atoms with Crippen LogP contribution in [0.2, 0.25) is 0 Å². The van der Waals surface area contributed by atoms with Crippen molar-refractivity contribution in [1.29, 1.82) is 0 Å². The van der Waals surface area contributed by atoms with E-state index in [1.807, 2.05) is 34.9 Å². The van der Waals surface area contributed by atoms with Gasteiger partial charge in [0.15, 0.2) is 0 Å². The SMILES string of the molecule is CC(Cc1nncn1C1CC1)(C(=O)O)c1ccccc1. The summed E-state index contributed by atoms with van der Waals surface area (Å²) in [6.07, 6.45) is 4.31. The van der Waals surface area contributed by atoms with E-state index in [0.717, 1.165) is 24.2 Å². The first kappa shape index (κ1) is 12.8. The maximum absolute atomic E-state index is 11.8. The van der Waals surface area contributed by atoms with E-state index in [1.165, 1.54) is 0 Å². The van der Waals surface area contributed by atoms with Gasteiger partial charge in [0, 0.05) is 12.5 Å². The Morgan fingerprint density at radius 3 is 2.70 bits per heavy atom. The average Bonchev–Trinajstić information content (AvgIpc) is 3.20. The van der Waals surface area contributed by atoms with Crippen LogP contribution in [0, 0.1) is 0 Å². The van der Waals surface area contributed by atoms with Gasteiger partial charge in [0.2, 0.25) is 0 Å². The van der Waals surface area contributed by atoms with Crippen LogP contribution in [0.4, 0.5) is 0 Å². The Kier molecular flexibility index (Phi) is 3.04.